The summed E-state index contributed by atoms with van der Waals surface area (Å²) in [5, 5.41) is 2.95. The van der Waals surface area contributed by atoms with Crippen LogP contribution in [0.15, 0.2) is 59.5 Å². The van der Waals surface area contributed by atoms with Crippen LogP contribution in [0.2, 0.25) is 0 Å². The Morgan fingerprint density at radius 2 is 1.43 bits per heavy atom. The van der Waals surface area contributed by atoms with E-state index >= 15 is 0 Å². The number of benzene rings is 3. The van der Waals surface area contributed by atoms with Crippen molar-refractivity contribution in [2.24, 2.45) is 0 Å². The number of rotatable bonds is 3. The molecule has 0 atom stereocenters. The summed E-state index contributed by atoms with van der Waals surface area (Å²) < 4.78 is 35.3. The van der Waals surface area contributed by atoms with Crippen LogP contribution in [0.25, 0.3) is 0 Å². The van der Waals surface area contributed by atoms with Gasteiger partial charge in [-0.15, -0.1) is 0 Å². The maximum atomic E-state index is 13.2. The standard InChI is InChI=1S/C21H16N2O5S.Na/c1-11-6-8-12(9-7-11)23-15-10-16(29(26,27)28)19(22)18-17(15)20(24)13-4-2-3-5-14(13)21(18)25;/h2-10,23H,22H2,1H3,(H,26,27,28);/q;+1/p-1. The number of ketones is 2. The first-order valence-electron chi connectivity index (χ1n) is 8.63. The number of carbonyl (C=O) groups is 2. The first-order chi connectivity index (χ1) is 13.7. The smallest absolute Gasteiger partial charge is 0.744 e. The van der Waals surface area contributed by atoms with E-state index < -0.39 is 32.3 Å². The molecular formula is C21H15N2NaO5S. The van der Waals surface area contributed by atoms with E-state index in [9.17, 15) is 22.6 Å². The Morgan fingerprint density at radius 3 is 1.97 bits per heavy atom. The number of hydrogen-bond donors (Lipinski definition) is 2. The van der Waals surface area contributed by atoms with E-state index in [0.29, 0.717) is 5.69 Å². The first-order valence-corrected chi connectivity index (χ1v) is 10.0. The van der Waals surface area contributed by atoms with E-state index in [2.05, 4.69) is 5.32 Å². The third kappa shape index (κ3) is 3.68. The van der Waals surface area contributed by atoms with Crippen LogP contribution < -0.4 is 40.6 Å². The maximum absolute atomic E-state index is 13.2. The number of nitrogens with two attached hydrogens (primary N) is 1. The topological polar surface area (TPSA) is 129 Å². The van der Waals surface area contributed by atoms with Crippen LogP contribution in [0.3, 0.4) is 0 Å². The van der Waals surface area contributed by atoms with Crippen molar-refractivity contribution in [2.75, 3.05) is 11.1 Å². The Kier molecular flexibility index (Phi) is 5.90. The van der Waals surface area contributed by atoms with Gasteiger partial charge in [0.15, 0.2) is 11.6 Å². The van der Waals surface area contributed by atoms with Gasteiger partial charge in [0.25, 0.3) is 0 Å². The van der Waals surface area contributed by atoms with Gasteiger partial charge in [0.2, 0.25) is 0 Å². The van der Waals surface area contributed by atoms with E-state index in [0.717, 1.165) is 11.6 Å². The normalized spacial score (nSPS) is 12.6. The zero-order valence-electron chi connectivity index (χ0n) is 16.2. The zero-order chi connectivity index (χ0) is 20.9. The van der Waals surface area contributed by atoms with Crippen LogP contribution >= 0.6 is 0 Å². The number of fused-ring (bicyclic) bond motifs is 2. The Bertz CT molecular complexity index is 1300. The van der Waals surface area contributed by atoms with Gasteiger partial charge in [0.1, 0.15) is 10.1 Å². The molecule has 0 amide bonds. The predicted molar refractivity (Wildman–Crippen MR) is 107 cm³/mol. The monoisotopic (exact) mass is 430 g/mol. The predicted octanol–water partition coefficient (Wildman–Crippen LogP) is 0.00432. The average Bonchev–Trinajstić information content (AvgIpc) is 2.68. The minimum absolute atomic E-state index is 0. The van der Waals surface area contributed by atoms with Crippen molar-refractivity contribution in [3.05, 3.63) is 82.4 Å². The van der Waals surface area contributed by atoms with Crippen molar-refractivity contribution < 1.29 is 52.1 Å². The largest absolute Gasteiger partial charge is 1.00 e. The SMILES string of the molecule is Cc1ccc(Nc2cc(S(=O)(=O)[O-])c(N)c3c2C(=O)c2ccccc2C3=O)cc1.[Na+]. The zero-order valence-corrected chi connectivity index (χ0v) is 19.0. The van der Waals surface area contributed by atoms with E-state index in [1.165, 1.54) is 12.1 Å². The molecule has 0 fully saturated rings. The molecule has 0 saturated carbocycles. The minimum Gasteiger partial charge on any atom is -0.744 e. The second-order valence-electron chi connectivity index (χ2n) is 6.73. The molecule has 0 spiro atoms. The second-order valence-corrected chi connectivity index (χ2v) is 8.08. The molecule has 3 aromatic carbocycles. The Hall–Kier alpha value is -2.49. The minimum atomic E-state index is -4.99. The van der Waals surface area contributed by atoms with Gasteiger partial charge in [-0.05, 0) is 25.1 Å². The van der Waals surface area contributed by atoms with Crippen molar-refractivity contribution in [3.8, 4) is 0 Å². The Labute approximate surface area is 195 Å². The number of aryl methyl sites for hydroxylation is 1. The number of nitrogens with one attached hydrogen (secondary N) is 1. The van der Waals surface area contributed by atoms with Crippen molar-refractivity contribution in [2.45, 2.75) is 11.8 Å². The van der Waals surface area contributed by atoms with Gasteiger partial charge < -0.3 is 15.6 Å². The molecule has 3 N–H and O–H groups in total. The molecule has 1 aliphatic rings. The molecule has 0 radical (unpaired) electrons. The van der Waals surface area contributed by atoms with Crippen LogP contribution in [0, 0.1) is 6.92 Å². The molecule has 146 valence electrons. The average molecular weight is 430 g/mol. The van der Waals surface area contributed by atoms with Crippen LogP contribution in [-0.2, 0) is 10.1 Å². The molecule has 0 unspecified atom stereocenters. The summed E-state index contributed by atoms with van der Waals surface area (Å²) in [7, 11) is -4.99. The summed E-state index contributed by atoms with van der Waals surface area (Å²) in [6, 6.07) is 14.3. The molecule has 4 rings (SSSR count). The van der Waals surface area contributed by atoms with E-state index in [1.54, 1.807) is 24.3 Å². The summed E-state index contributed by atoms with van der Waals surface area (Å²) >= 11 is 0. The number of hydrogen-bond acceptors (Lipinski definition) is 7. The van der Waals surface area contributed by atoms with Crippen LogP contribution in [-0.4, -0.2) is 24.5 Å². The molecule has 0 bridgehead atoms. The molecule has 9 heteroatoms. The summed E-state index contributed by atoms with van der Waals surface area (Å²) in [6.07, 6.45) is 0. The summed E-state index contributed by atoms with van der Waals surface area (Å²) in [5.74, 6) is -1.09. The fraction of sp³-hybridized carbons (Fsp3) is 0.0476. The molecule has 3 aromatic rings. The summed E-state index contributed by atoms with van der Waals surface area (Å²) in [4.78, 5) is 25.5. The molecule has 30 heavy (non-hydrogen) atoms. The number of nitrogen functional groups attached to an aromatic ring is 1. The van der Waals surface area contributed by atoms with E-state index in [4.69, 9.17) is 5.73 Å². The van der Waals surface area contributed by atoms with Crippen LogP contribution in [0.5, 0.6) is 0 Å². The van der Waals surface area contributed by atoms with Gasteiger partial charge in [-0.3, -0.25) is 9.59 Å². The molecule has 1 aliphatic carbocycles. The third-order valence-electron chi connectivity index (χ3n) is 4.80. The fourth-order valence-electron chi connectivity index (χ4n) is 3.39. The molecule has 0 aromatic heterocycles. The van der Waals surface area contributed by atoms with Gasteiger partial charge in [0, 0.05) is 16.8 Å². The van der Waals surface area contributed by atoms with Crippen molar-refractivity contribution >= 4 is 38.7 Å². The maximum Gasteiger partial charge on any atom is 1.00 e. The molecule has 0 heterocycles. The van der Waals surface area contributed by atoms with Crippen molar-refractivity contribution in [3.63, 3.8) is 0 Å². The van der Waals surface area contributed by atoms with Gasteiger partial charge in [0.05, 0.1) is 27.4 Å². The quantitative estimate of drug-likeness (QED) is 0.266. The molecule has 0 saturated heterocycles. The number of carbonyl (C=O) groups excluding carboxylic acids is 2. The molecule has 7 nitrogen and oxygen atoms in total. The first kappa shape index (κ1) is 22.2. The van der Waals surface area contributed by atoms with Crippen molar-refractivity contribution in [1.29, 1.82) is 0 Å². The van der Waals surface area contributed by atoms with E-state index in [-0.39, 0.29) is 57.5 Å². The Balaban J connectivity index is 0.00000256. The number of anilines is 3. The van der Waals surface area contributed by atoms with Gasteiger partial charge >= 0.3 is 29.6 Å². The Morgan fingerprint density at radius 1 is 0.900 bits per heavy atom. The summed E-state index contributed by atoms with van der Waals surface area (Å²) in [6.45, 7) is 1.90. The van der Waals surface area contributed by atoms with Gasteiger partial charge in [-0.2, -0.15) is 0 Å². The molecule has 0 aliphatic heterocycles. The summed E-state index contributed by atoms with van der Waals surface area (Å²) in [5.41, 5.74) is 6.93. The van der Waals surface area contributed by atoms with Gasteiger partial charge in [-0.1, -0.05) is 42.0 Å². The van der Waals surface area contributed by atoms with Crippen LogP contribution in [0.1, 0.15) is 37.4 Å². The van der Waals surface area contributed by atoms with E-state index in [1.807, 2.05) is 19.1 Å². The van der Waals surface area contributed by atoms with Crippen LogP contribution in [0.4, 0.5) is 17.1 Å². The second kappa shape index (κ2) is 7.98. The van der Waals surface area contributed by atoms with Crippen molar-refractivity contribution in [1.82, 2.24) is 0 Å². The third-order valence-corrected chi connectivity index (χ3v) is 5.68. The molecular weight excluding hydrogens is 415 g/mol. The fourth-order valence-corrected chi connectivity index (χ4v) is 4.03. The van der Waals surface area contributed by atoms with Gasteiger partial charge in [-0.25, -0.2) is 8.42 Å².